The first kappa shape index (κ1) is 15.7. The van der Waals surface area contributed by atoms with Crippen LogP contribution in [-0.4, -0.2) is 26.1 Å². The molecule has 0 heterocycles. The molecule has 21 heavy (non-hydrogen) atoms. The quantitative estimate of drug-likeness (QED) is 0.562. The molecule has 4 heteroatoms. The summed E-state index contributed by atoms with van der Waals surface area (Å²) in [5.41, 5.74) is 1.58. The highest BCUT2D eigenvalue weighted by Gasteiger charge is 2.12. The standard InChI is InChI=1S/C17H17BrO3/c1-20-9-10-21-17-8-3-2-7-15(17)16(19)12-13-5-4-6-14(18)11-13/h2-8,11H,9-10,12H2,1H3. The van der Waals surface area contributed by atoms with Crippen LogP contribution in [0.25, 0.3) is 0 Å². The number of carbonyl (C=O) groups is 1. The zero-order valence-corrected chi connectivity index (χ0v) is 13.4. The van der Waals surface area contributed by atoms with Crippen molar-refractivity contribution in [3.05, 3.63) is 64.1 Å². The number of hydrogen-bond acceptors (Lipinski definition) is 3. The molecule has 0 N–H and O–H groups in total. The number of methoxy groups -OCH3 is 1. The van der Waals surface area contributed by atoms with Crippen molar-refractivity contribution >= 4 is 21.7 Å². The smallest absolute Gasteiger partial charge is 0.170 e. The van der Waals surface area contributed by atoms with Gasteiger partial charge in [-0.15, -0.1) is 0 Å². The summed E-state index contributed by atoms with van der Waals surface area (Å²) in [7, 11) is 1.62. The van der Waals surface area contributed by atoms with E-state index in [1.165, 1.54) is 0 Å². The Balaban J connectivity index is 2.11. The predicted octanol–water partition coefficient (Wildman–Crippen LogP) is 3.90. The third kappa shape index (κ3) is 4.69. The number of benzene rings is 2. The summed E-state index contributed by atoms with van der Waals surface area (Å²) in [4.78, 5) is 12.5. The first-order valence-corrected chi connectivity index (χ1v) is 7.48. The SMILES string of the molecule is COCCOc1ccccc1C(=O)Cc1cccc(Br)c1. The summed E-state index contributed by atoms with van der Waals surface area (Å²) in [5, 5.41) is 0. The summed E-state index contributed by atoms with van der Waals surface area (Å²) in [6.07, 6.45) is 0.351. The summed E-state index contributed by atoms with van der Waals surface area (Å²) >= 11 is 3.42. The predicted molar refractivity (Wildman–Crippen MR) is 86.0 cm³/mol. The number of ketones is 1. The van der Waals surface area contributed by atoms with Crippen LogP contribution in [-0.2, 0) is 11.2 Å². The van der Waals surface area contributed by atoms with E-state index in [-0.39, 0.29) is 5.78 Å². The molecule has 0 aromatic heterocycles. The third-order valence-electron chi connectivity index (χ3n) is 2.99. The van der Waals surface area contributed by atoms with E-state index in [9.17, 15) is 4.79 Å². The number of carbonyl (C=O) groups excluding carboxylic acids is 1. The average Bonchev–Trinajstić information content (AvgIpc) is 2.48. The molecule has 2 aromatic carbocycles. The molecule has 0 aliphatic heterocycles. The molecule has 0 saturated heterocycles. The van der Waals surface area contributed by atoms with E-state index in [0.29, 0.717) is 30.9 Å². The second-order valence-electron chi connectivity index (χ2n) is 4.57. The summed E-state index contributed by atoms with van der Waals surface area (Å²) in [5.74, 6) is 0.649. The van der Waals surface area contributed by atoms with Gasteiger partial charge in [0.25, 0.3) is 0 Å². The van der Waals surface area contributed by atoms with Crippen molar-refractivity contribution in [2.45, 2.75) is 6.42 Å². The van der Waals surface area contributed by atoms with E-state index in [1.54, 1.807) is 13.2 Å². The lowest BCUT2D eigenvalue weighted by atomic mass is 10.0. The number of ether oxygens (including phenoxy) is 2. The topological polar surface area (TPSA) is 35.5 Å². The molecule has 0 radical (unpaired) electrons. The van der Waals surface area contributed by atoms with Crippen LogP contribution in [0.2, 0.25) is 0 Å². The van der Waals surface area contributed by atoms with E-state index in [4.69, 9.17) is 9.47 Å². The summed E-state index contributed by atoms with van der Waals surface area (Å²) in [6.45, 7) is 0.922. The fourth-order valence-corrected chi connectivity index (χ4v) is 2.43. The monoisotopic (exact) mass is 348 g/mol. The molecule has 110 valence electrons. The Labute approximate surface area is 133 Å². The van der Waals surface area contributed by atoms with Gasteiger partial charge in [-0.3, -0.25) is 4.79 Å². The van der Waals surface area contributed by atoms with Crippen molar-refractivity contribution in [3.8, 4) is 5.75 Å². The minimum Gasteiger partial charge on any atom is -0.490 e. The molecule has 0 saturated carbocycles. The highest BCUT2D eigenvalue weighted by atomic mass is 79.9. The summed E-state index contributed by atoms with van der Waals surface area (Å²) in [6, 6.07) is 15.1. The molecular weight excluding hydrogens is 332 g/mol. The maximum Gasteiger partial charge on any atom is 0.170 e. The molecule has 0 atom stereocenters. The molecule has 2 rings (SSSR count). The lowest BCUT2D eigenvalue weighted by Crippen LogP contribution is -2.10. The Hall–Kier alpha value is -1.65. The molecule has 0 fully saturated rings. The van der Waals surface area contributed by atoms with E-state index in [2.05, 4.69) is 15.9 Å². The second kappa shape index (κ2) is 7.96. The van der Waals surface area contributed by atoms with Crippen molar-refractivity contribution in [2.24, 2.45) is 0 Å². The maximum atomic E-state index is 12.5. The Morgan fingerprint density at radius 1 is 1.10 bits per heavy atom. The first-order valence-electron chi connectivity index (χ1n) is 6.69. The molecular formula is C17H17BrO3. The molecule has 0 unspecified atom stereocenters. The molecule has 0 aliphatic carbocycles. The van der Waals surface area contributed by atoms with Crippen LogP contribution in [0.15, 0.2) is 53.0 Å². The lowest BCUT2D eigenvalue weighted by Gasteiger charge is -2.10. The molecule has 0 aliphatic rings. The fourth-order valence-electron chi connectivity index (χ4n) is 1.99. The largest absolute Gasteiger partial charge is 0.490 e. The molecule has 0 bridgehead atoms. The average molecular weight is 349 g/mol. The van der Waals surface area contributed by atoms with Crippen molar-refractivity contribution in [2.75, 3.05) is 20.3 Å². The van der Waals surface area contributed by atoms with Crippen LogP contribution in [0, 0.1) is 0 Å². The Morgan fingerprint density at radius 2 is 1.90 bits per heavy atom. The second-order valence-corrected chi connectivity index (χ2v) is 5.48. The Kier molecular flexibility index (Phi) is 5.96. The van der Waals surface area contributed by atoms with Gasteiger partial charge < -0.3 is 9.47 Å². The molecule has 0 amide bonds. The number of Topliss-reactive ketones (excluding diaryl/α,β-unsaturated/α-hetero) is 1. The number of hydrogen-bond donors (Lipinski definition) is 0. The maximum absolute atomic E-state index is 12.5. The van der Waals surface area contributed by atoms with Crippen LogP contribution in [0.1, 0.15) is 15.9 Å². The molecule has 2 aromatic rings. The molecule has 0 spiro atoms. The van der Waals surface area contributed by atoms with Crippen molar-refractivity contribution in [1.29, 1.82) is 0 Å². The van der Waals surface area contributed by atoms with Gasteiger partial charge in [0.1, 0.15) is 12.4 Å². The van der Waals surface area contributed by atoms with Gasteiger partial charge in [-0.1, -0.05) is 40.2 Å². The van der Waals surface area contributed by atoms with Crippen molar-refractivity contribution in [1.82, 2.24) is 0 Å². The van der Waals surface area contributed by atoms with Crippen LogP contribution in [0.4, 0.5) is 0 Å². The summed E-state index contributed by atoms with van der Waals surface area (Å²) < 4.78 is 11.5. The Bertz CT molecular complexity index is 610. The van der Waals surface area contributed by atoms with Gasteiger partial charge in [0.2, 0.25) is 0 Å². The number of halogens is 1. The van der Waals surface area contributed by atoms with Crippen molar-refractivity contribution in [3.63, 3.8) is 0 Å². The van der Waals surface area contributed by atoms with Crippen LogP contribution < -0.4 is 4.74 Å². The van der Waals surface area contributed by atoms with E-state index >= 15 is 0 Å². The van der Waals surface area contributed by atoms with Gasteiger partial charge in [0.05, 0.1) is 12.2 Å². The number of rotatable bonds is 7. The van der Waals surface area contributed by atoms with Gasteiger partial charge >= 0.3 is 0 Å². The third-order valence-corrected chi connectivity index (χ3v) is 3.48. The van der Waals surface area contributed by atoms with Gasteiger partial charge in [-0.05, 0) is 29.8 Å². The van der Waals surface area contributed by atoms with Gasteiger partial charge in [-0.25, -0.2) is 0 Å². The lowest BCUT2D eigenvalue weighted by molar-refractivity contribution is 0.0985. The number of para-hydroxylation sites is 1. The van der Waals surface area contributed by atoms with E-state index < -0.39 is 0 Å². The zero-order valence-electron chi connectivity index (χ0n) is 11.8. The van der Waals surface area contributed by atoms with Gasteiger partial charge in [0.15, 0.2) is 5.78 Å². The highest BCUT2D eigenvalue weighted by molar-refractivity contribution is 9.10. The first-order chi connectivity index (χ1) is 10.2. The van der Waals surface area contributed by atoms with Crippen molar-refractivity contribution < 1.29 is 14.3 Å². The minimum atomic E-state index is 0.0427. The van der Waals surface area contributed by atoms with Crippen LogP contribution >= 0.6 is 15.9 Å². The van der Waals surface area contributed by atoms with Gasteiger partial charge in [0, 0.05) is 18.0 Å². The fraction of sp³-hybridized carbons (Fsp3) is 0.235. The minimum absolute atomic E-state index is 0.0427. The highest BCUT2D eigenvalue weighted by Crippen LogP contribution is 2.21. The van der Waals surface area contributed by atoms with Crippen LogP contribution in [0.5, 0.6) is 5.75 Å². The van der Waals surface area contributed by atoms with E-state index in [0.717, 1.165) is 10.0 Å². The Morgan fingerprint density at radius 3 is 2.67 bits per heavy atom. The van der Waals surface area contributed by atoms with Gasteiger partial charge in [-0.2, -0.15) is 0 Å². The normalized spacial score (nSPS) is 10.4. The van der Waals surface area contributed by atoms with E-state index in [1.807, 2.05) is 42.5 Å². The zero-order chi connectivity index (χ0) is 15.1. The van der Waals surface area contributed by atoms with Crippen LogP contribution in [0.3, 0.4) is 0 Å². The molecule has 3 nitrogen and oxygen atoms in total.